The Morgan fingerprint density at radius 3 is 2.91 bits per heavy atom. The molecule has 1 aromatic heterocycles. The monoisotopic (exact) mass is 154 g/mol. The van der Waals surface area contributed by atoms with Gasteiger partial charge in [-0.1, -0.05) is 13.8 Å². The van der Waals surface area contributed by atoms with Crippen LogP contribution in [0.15, 0.2) is 10.7 Å². The van der Waals surface area contributed by atoms with Gasteiger partial charge in [-0.2, -0.15) is 0 Å². The summed E-state index contributed by atoms with van der Waals surface area (Å²) in [5.74, 6) is 1.20. The van der Waals surface area contributed by atoms with Crippen LogP contribution in [0.5, 0.6) is 0 Å². The number of hydrogen-bond acceptors (Lipinski definition) is 3. The highest BCUT2D eigenvalue weighted by Gasteiger charge is 2.08. The standard InChI is InChI=1S/C8H14N2O/c1-3-6(2)8-10-7(4-9)5-11-8/h5-6H,3-4,9H2,1-2H3. The van der Waals surface area contributed by atoms with Crippen LogP contribution in [-0.4, -0.2) is 4.98 Å². The number of hydrogen-bond donors (Lipinski definition) is 1. The molecule has 0 aliphatic carbocycles. The molecule has 3 nitrogen and oxygen atoms in total. The third-order valence-corrected chi connectivity index (χ3v) is 1.81. The van der Waals surface area contributed by atoms with Crippen molar-refractivity contribution in [1.29, 1.82) is 0 Å². The van der Waals surface area contributed by atoms with E-state index in [0.717, 1.165) is 18.0 Å². The summed E-state index contributed by atoms with van der Waals surface area (Å²) in [5.41, 5.74) is 6.22. The lowest BCUT2D eigenvalue weighted by Gasteiger charge is -1.99. The predicted molar refractivity (Wildman–Crippen MR) is 43.1 cm³/mol. The van der Waals surface area contributed by atoms with Crippen molar-refractivity contribution in [2.75, 3.05) is 0 Å². The number of oxazole rings is 1. The van der Waals surface area contributed by atoms with E-state index in [4.69, 9.17) is 10.2 Å². The average Bonchev–Trinajstić information content (AvgIpc) is 2.50. The normalized spacial score (nSPS) is 13.4. The summed E-state index contributed by atoms with van der Waals surface area (Å²) in [6.07, 6.45) is 2.67. The fourth-order valence-electron chi connectivity index (χ4n) is 0.817. The van der Waals surface area contributed by atoms with Crippen LogP contribution < -0.4 is 5.73 Å². The minimum Gasteiger partial charge on any atom is -0.448 e. The van der Waals surface area contributed by atoms with Gasteiger partial charge in [0.25, 0.3) is 0 Å². The minimum absolute atomic E-state index is 0.398. The quantitative estimate of drug-likeness (QED) is 0.720. The van der Waals surface area contributed by atoms with Gasteiger partial charge in [0.1, 0.15) is 6.26 Å². The second kappa shape index (κ2) is 3.53. The molecule has 0 aromatic carbocycles. The highest BCUT2D eigenvalue weighted by molar-refractivity contribution is 4.98. The number of nitrogens with zero attached hydrogens (tertiary/aromatic N) is 1. The Balaban J connectivity index is 2.71. The lowest BCUT2D eigenvalue weighted by Crippen LogP contribution is -1.97. The predicted octanol–water partition coefficient (Wildman–Crippen LogP) is 1.65. The Morgan fingerprint density at radius 1 is 1.73 bits per heavy atom. The fourth-order valence-corrected chi connectivity index (χ4v) is 0.817. The molecule has 0 amide bonds. The van der Waals surface area contributed by atoms with Gasteiger partial charge in [-0.05, 0) is 6.42 Å². The van der Waals surface area contributed by atoms with Crippen molar-refractivity contribution in [2.24, 2.45) is 5.73 Å². The Labute approximate surface area is 66.6 Å². The van der Waals surface area contributed by atoms with Crippen LogP contribution in [0.4, 0.5) is 0 Å². The van der Waals surface area contributed by atoms with Gasteiger partial charge < -0.3 is 10.2 Å². The van der Waals surface area contributed by atoms with Crippen LogP contribution in [0.2, 0.25) is 0 Å². The summed E-state index contributed by atoms with van der Waals surface area (Å²) in [6, 6.07) is 0. The Hall–Kier alpha value is -0.830. The molecular weight excluding hydrogens is 140 g/mol. The molecule has 0 saturated carbocycles. The second-order valence-electron chi connectivity index (χ2n) is 2.69. The van der Waals surface area contributed by atoms with Gasteiger partial charge in [0.05, 0.1) is 5.69 Å². The molecule has 0 fully saturated rings. The molecule has 0 aliphatic heterocycles. The first-order valence-electron chi connectivity index (χ1n) is 3.92. The lowest BCUT2D eigenvalue weighted by molar-refractivity contribution is 0.453. The van der Waals surface area contributed by atoms with Gasteiger partial charge in [-0.15, -0.1) is 0 Å². The Morgan fingerprint density at radius 2 is 2.45 bits per heavy atom. The van der Waals surface area contributed by atoms with E-state index in [1.165, 1.54) is 0 Å². The van der Waals surface area contributed by atoms with Crippen LogP contribution in [0, 0.1) is 0 Å². The Kier molecular flexibility index (Phi) is 2.65. The maximum absolute atomic E-state index is 5.38. The zero-order valence-electron chi connectivity index (χ0n) is 7.00. The van der Waals surface area contributed by atoms with Crippen molar-refractivity contribution in [3.05, 3.63) is 17.8 Å². The number of aromatic nitrogens is 1. The van der Waals surface area contributed by atoms with E-state index in [-0.39, 0.29) is 0 Å². The molecule has 1 atom stereocenters. The maximum atomic E-state index is 5.38. The van der Waals surface area contributed by atoms with Crippen molar-refractivity contribution >= 4 is 0 Å². The van der Waals surface area contributed by atoms with Crippen LogP contribution in [0.1, 0.15) is 37.8 Å². The number of nitrogens with two attached hydrogens (primary N) is 1. The molecule has 11 heavy (non-hydrogen) atoms. The third kappa shape index (κ3) is 1.80. The van der Waals surface area contributed by atoms with Crippen molar-refractivity contribution in [1.82, 2.24) is 4.98 Å². The summed E-state index contributed by atoms with van der Waals surface area (Å²) in [7, 11) is 0. The molecule has 1 heterocycles. The Bertz CT molecular complexity index is 220. The summed E-state index contributed by atoms with van der Waals surface area (Å²) in [4.78, 5) is 4.21. The summed E-state index contributed by atoms with van der Waals surface area (Å²) >= 11 is 0. The zero-order chi connectivity index (χ0) is 8.27. The van der Waals surface area contributed by atoms with Gasteiger partial charge in [-0.3, -0.25) is 0 Å². The first kappa shape index (κ1) is 8.27. The van der Waals surface area contributed by atoms with E-state index in [2.05, 4.69) is 18.8 Å². The SMILES string of the molecule is CCC(C)c1nc(CN)co1. The van der Waals surface area contributed by atoms with Gasteiger partial charge in [0, 0.05) is 12.5 Å². The van der Waals surface area contributed by atoms with Crippen molar-refractivity contribution in [2.45, 2.75) is 32.7 Å². The van der Waals surface area contributed by atoms with Crippen LogP contribution in [0.3, 0.4) is 0 Å². The zero-order valence-corrected chi connectivity index (χ0v) is 7.00. The summed E-state index contributed by atoms with van der Waals surface area (Å²) in [6.45, 7) is 4.66. The van der Waals surface area contributed by atoms with Crippen LogP contribution in [-0.2, 0) is 6.54 Å². The first-order valence-corrected chi connectivity index (χ1v) is 3.92. The highest BCUT2D eigenvalue weighted by Crippen LogP contribution is 2.16. The van der Waals surface area contributed by atoms with E-state index < -0.39 is 0 Å². The topological polar surface area (TPSA) is 52.0 Å². The van der Waals surface area contributed by atoms with Gasteiger partial charge in [-0.25, -0.2) is 4.98 Å². The molecule has 0 aliphatic rings. The second-order valence-corrected chi connectivity index (χ2v) is 2.69. The maximum Gasteiger partial charge on any atom is 0.197 e. The smallest absolute Gasteiger partial charge is 0.197 e. The molecule has 1 rings (SSSR count). The molecule has 3 heteroatoms. The molecule has 0 radical (unpaired) electrons. The largest absolute Gasteiger partial charge is 0.448 e. The van der Waals surface area contributed by atoms with Gasteiger partial charge in [0.2, 0.25) is 0 Å². The van der Waals surface area contributed by atoms with E-state index in [1.54, 1.807) is 6.26 Å². The van der Waals surface area contributed by atoms with Crippen LogP contribution in [0.25, 0.3) is 0 Å². The first-order chi connectivity index (χ1) is 5.27. The van der Waals surface area contributed by atoms with E-state index in [1.807, 2.05) is 0 Å². The van der Waals surface area contributed by atoms with Crippen LogP contribution >= 0.6 is 0 Å². The molecule has 1 aromatic rings. The van der Waals surface area contributed by atoms with Crippen molar-refractivity contribution in [3.8, 4) is 0 Å². The van der Waals surface area contributed by atoms with Gasteiger partial charge in [0.15, 0.2) is 5.89 Å². The van der Waals surface area contributed by atoms with Crippen molar-refractivity contribution in [3.63, 3.8) is 0 Å². The summed E-state index contributed by atoms with van der Waals surface area (Å²) < 4.78 is 5.22. The average molecular weight is 154 g/mol. The van der Waals surface area contributed by atoms with E-state index in [9.17, 15) is 0 Å². The molecular formula is C8H14N2O. The molecule has 2 N–H and O–H groups in total. The van der Waals surface area contributed by atoms with E-state index in [0.29, 0.717) is 12.5 Å². The lowest BCUT2D eigenvalue weighted by atomic mass is 10.1. The summed E-state index contributed by atoms with van der Waals surface area (Å²) in [5, 5.41) is 0. The molecule has 0 spiro atoms. The number of rotatable bonds is 3. The molecule has 0 saturated heterocycles. The molecule has 1 unspecified atom stereocenters. The highest BCUT2D eigenvalue weighted by atomic mass is 16.3. The van der Waals surface area contributed by atoms with Gasteiger partial charge >= 0.3 is 0 Å². The van der Waals surface area contributed by atoms with E-state index >= 15 is 0 Å². The third-order valence-electron chi connectivity index (χ3n) is 1.81. The molecule has 62 valence electrons. The fraction of sp³-hybridized carbons (Fsp3) is 0.625. The molecule has 0 bridgehead atoms. The minimum atomic E-state index is 0.398. The van der Waals surface area contributed by atoms with Crippen molar-refractivity contribution < 1.29 is 4.42 Å².